The molecule has 0 unspecified atom stereocenters. The van der Waals surface area contributed by atoms with E-state index in [1.807, 2.05) is 30.3 Å². The van der Waals surface area contributed by atoms with Crippen molar-refractivity contribution in [3.63, 3.8) is 0 Å². The SMILES string of the molecule is CC(=O)Nc1ccc(C(=O)N(Cc2ccccc2)C[C@@H](C)C(=O)O)cc1. The molecule has 2 N–H and O–H groups in total. The molecule has 0 aromatic heterocycles. The lowest BCUT2D eigenvalue weighted by Crippen LogP contribution is -2.36. The van der Waals surface area contributed by atoms with Crippen LogP contribution in [0.5, 0.6) is 0 Å². The largest absolute Gasteiger partial charge is 0.481 e. The molecular weight excluding hydrogens is 332 g/mol. The number of hydrogen-bond acceptors (Lipinski definition) is 3. The number of aliphatic carboxylic acids is 1. The highest BCUT2D eigenvalue weighted by Crippen LogP contribution is 2.15. The zero-order chi connectivity index (χ0) is 19.1. The molecule has 0 heterocycles. The summed E-state index contributed by atoms with van der Waals surface area (Å²) in [5.74, 6) is -2.07. The maximum atomic E-state index is 12.9. The summed E-state index contributed by atoms with van der Waals surface area (Å²) in [4.78, 5) is 36.7. The molecule has 0 radical (unpaired) electrons. The van der Waals surface area contributed by atoms with Crippen molar-refractivity contribution in [1.29, 1.82) is 0 Å². The minimum atomic E-state index is -0.947. The lowest BCUT2D eigenvalue weighted by atomic mass is 10.1. The van der Waals surface area contributed by atoms with Crippen molar-refractivity contribution in [3.05, 3.63) is 65.7 Å². The summed E-state index contributed by atoms with van der Waals surface area (Å²) in [6.07, 6.45) is 0. The van der Waals surface area contributed by atoms with Gasteiger partial charge in [0.2, 0.25) is 5.91 Å². The monoisotopic (exact) mass is 354 g/mol. The third-order valence-corrected chi connectivity index (χ3v) is 3.87. The van der Waals surface area contributed by atoms with E-state index in [2.05, 4.69) is 5.32 Å². The smallest absolute Gasteiger partial charge is 0.308 e. The quantitative estimate of drug-likeness (QED) is 0.800. The maximum Gasteiger partial charge on any atom is 0.308 e. The van der Waals surface area contributed by atoms with Gasteiger partial charge in [-0.15, -0.1) is 0 Å². The van der Waals surface area contributed by atoms with Gasteiger partial charge in [-0.3, -0.25) is 14.4 Å². The van der Waals surface area contributed by atoms with Gasteiger partial charge >= 0.3 is 5.97 Å². The van der Waals surface area contributed by atoms with Gasteiger partial charge in [0.25, 0.3) is 5.91 Å². The first-order valence-electron chi connectivity index (χ1n) is 8.30. The molecule has 0 aliphatic heterocycles. The summed E-state index contributed by atoms with van der Waals surface area (Å²) in [6.45, 7) is 3.42. The van der Waals surface area contributed by atoms with Gasteiger partial charge in [-0.2, -0.15) is 0 Å². The van der Waals surface area contributed by atoms with Gasteiger partial charge in [0, 0.05) is 31.3 Å². The Balaban J connectivity index is 2.20. The molecule has 6 nitrogen and oxygen atoms in total. The Labute approximate surface area is 152 Å². The van der Waals surface area contributed by atoms with E-state index in [0.717, 1.165) is 5.56 Å². The maximum absolute atomic E-state index is 12.9. The Morgan fingerprint density at radius 1 is 1.04 bits per heavy atom. The minimum Gasteiger partial charge on any atom is -0.481 e. The van der Waals surface area contributed by atoms with Crippen LogP contribution in [0.3, 0.4) is 0 Å². The number of nitrogens with one attached hydrogen (secondary N) is 1. The van der Waals surface area contributed by atoms with E-state index in [-0.39, 0.29) is 18.4 Å². The van der Waals surface area contributed by atoms with Gasteiger partial charge in [-0.25, -0.2) is 0 Å². The van der Waals surface area contributed by atoms with Gasteiger partial charge in [0.05, 0.1) is 5.92 Å². The molecular formula is C20H22N2O4. The van der Waals surface area contributed by atoms with Gasteiger partial charge in [-0.1, -0.05) is 37.3 Å². The minimum absolute atomic E-state index is 0.108. The molecule has 6 heteroatoms. The average Bonchev–Trinajstić information content (AvgIpc) is 2.61. The van der Waals surface area contributed by atoms with Crippen LogP contribution in [-0.2, 0) is 16.1 Å². The highest BCUT2D eigenvalue weighted by molar-refractivity contribution is 5.95. The van der Waals surface area contributed by atoms with E-state index in [1.165, 1.54) is 11.8 Å². The fraction of sp³-hybridized carbons (Fsp3) is 0.250. The van der Waals surface area contributed by atoms with E-state index < -0.39 is 11.9 Å². The number of amides is 2. The molecule has 0 bridgehead atoms. The highest BCUT2D eigenvalue weighted by atomic mass is 16.4. The number of carboxylic acids is 1. The van der Waals surface area contributed by atoms with E-state index >= 15 is 0 Å². The van der Waals surface area contributed by atoms with E-state index in [4.69, 9.17) is 0 Å². The second kappa shape index (κ2) is 8.80. The second-order valence-electron chi connectivity index (χ2n) is 6.17. The average molecular weight is 354 g/mol. The Morgan fingerprint density at radius 3 is 2.19 bits per heavy atom. The summed E-state index contributed by atoms with van der Waals surface area (Å²) >= 11 is 0. The third-order valence-electron chi connectivity index (χ3n) is 3.87. The van der Waals surface area contributed by atoms with Crippen molar-refractivity contribution >= 4 is 23.5 Å². The van der Waals surface area contributed by atoms with Crippen LogP contribution in [0.15, 0.2) is 54.6 Å². The van der Waals surface area contributed by atoms with Crippen LogP contribution in [-0.4, -0.2) is 34.3 Å². The zero-order valence-electron chi connectivity index (χ0n) is 14.8. The molecule has 1 atom stereocenters. The van der Waals surface area contributed by atoms with E-state index in [0.29, 0.717) is 17.8 Å². The van der Waals surface area contributed by atoms with E-state index in [1.54, 1.807) is 31.2 Å². The number of carboxylic acid groups (broad SMARTS) is 1. The number of anilines is 1. The molecule has 136 valence electrons. The Morgan fingerprint density at radius 2 is 1.65 bits per heavy atom. The summed E-state index contributed by atoms with van der Waals surface area (Å²) in [7, 11) is 0. The molecule has 0 aliphatic rings. The number of carbonyl (C=O) groups excluding carboxylic acids is 2. The van der Waals surface area contributed by atoms with Crippen LogP contribution in [0.25, 0.3) is 0 Å². The lowest BCUT2D eigenvalue weighted by molar-refractivity contribution is -0.141. The van der Waals surface area contributed by atoms with Crippen molar-refractivity contribution in [2.45, 2.75) is 20.4 Å². The first-order chi connectivity index (χ1) is 12.4. The second-order valence-corrected chi connectivity index (χ2v) is 6.17. The van der Waals surface area contributed by atoms with Crippen molar-refractivity contribution in [1.82, 2.24) is 4.90 Å². The van der Waals surface area contributed by atoms with Crippen LogP contribution < -0.4 is 5.32 Å². The summed E-state index contributed by atoms with van der Waals surface area (Å²) < 4.78 is 0. The Bertz CT molecular complexity index is 772. The van der Waals surface area contributed by atoms with Crippen molar-refractivity contribution in [2.24, 2.45) is 5.92 Å². The van der Waals surface area contributed by atoms with Crippen molar-refractivity contribution in [3.8, 4) is 0 Å². The van der Waals surface area contributed by atoms with Crippen LogP contribution in [0, 0.1) is 5.92 Å². The number of nitrogens with zero attached hydrogens (tertiary/aromatic N) is 1. The topological polar surface area (TPSA) is 86.7 Å². The molecule has 0 saturated heterocycles. The standard InChI is InChI=1S/C20H22N2O4/c1-14(20(25)26)12-22(13-16-6-4-3-5-7-16)19(24)17-8-10-18(11-9-17)21-15(2)23/h3-11,14H,12-13H2,1-2H3,(H,21,23)(H,25,26)/t14-/m1/s1. The summed E-state index contributed by atoms with van der Waals surface area (Å²) in [5, 5.41) is 11.8. The predicted octanol–water partition coefficient (Wildman–Crippen LogP) is 3.01. The molecule has 2 amide bonds. The Hall–Kier alpha value is -3.15. The third kappa shape index (κ3) is 5.44. The van der Waals surface area contributed by atoms with Crippen LogP contribution in [0.2, 0.25) is 0 Å². The molecule has 0 spiro atoms. The van der Waals surface area contributed by atoms with Gasteiger partial charge in [0.15, 0.2) is 0 Å². The van der Waals surface area contributed by atoms with Crippen molar-refractivity contribution in [2.75, 3.05) is 11.9 Å². The molecule has 26 heavy (non-hydrogen) atoms. The number of rotatable bonds is 7. The zero-order valence-corrected chi connectivity index (χ0v) is 14.8. The van der Waals surface area contributed by atoms with Crippen LogP contribution in [0.4, 0.5) is 5.69 Å². The van der Waals surface area contributed by atoms with Crippen LogP contribution >= 0.6 is 0 Å². The number of benzene rings is 2. The molecule has 0 aliphatic carbocycles. The first-order valence-corrected chi connectivity index (χ1v) is 8.30. The fourth-order valence-electron chi connectivity index (χ4n) is 2.51. The molecule has 2 rings (SSSR count). The van der Waals surface area contributed by atoms with Gasteiger partial charge < -0.3 is 15.3 Å². The molecule has 0 saturated carbocycles. The van der Waals surface area contributed by atoms with Crippen LogP contribution in [0.1, 0.15) is 29.8 Å². The number of hydrogen-bond donors (Lipinski definition) is 2. The predicted molar refractivity (Wildman–Crippen MR) is 98.7 cm³/mol. The fourth-order valence-corrected chi connectivity index (χ4v) is 2.51. The molecule has 2 aromatic rings. The lowest BCUT2D eigenvalue weighted by Gasteiger charge is -2.25. The first kappa shape index (κ1) is 19.2. The summed E-state index contributed by atoms with van der Waals surface area (Å²) in [5.41, 5.74) is 1.96. The van der Waals surface area contributed by atoms with Crippen molar-refractivity contribution < 1.29 is 19.5 Å². The number of carbonyl (C=O) groups is 3. The van der Waals surface area contributed by atoms with Gasteiger partial charge in [-0.05, 0) is 29.8 Å². The Kier molecular flexibility index (Phi) is 6.49. The summed E-state index contributed by atoms with van der Waals surface area (Å²) in [6, 6.07) is 16.0. The van der Waals surface area contributed by atoms with Gasteiger partial charge in [0.1, 0.15) is 0 Å². The molecule has 2 aromatic carbocycles. The normalized spacial score (nSPS) is 11.5. The highest BCUT2D eigenvalue weighted by Gasteiger charge is 2.22. The molecule has 0 fully saturated rings. The van der Waals surface area contributed by atoms with E-state index in [9.17, 15) is 19.5 Å².